The number of alkyl halides is 3. The molecule has 0 aromatic carbocycles. The van der Waals surface area contributed by atoms with Crippen molar-refractivity contribution in [1.29, 1.82) is 0 Å². The van der Waals surface area contributed by atoms with Crippen molar-refractivity contribution in [3.63, 3.8) is 0 Å². The summed E-state index contributed by atoms with van der Waals surface area (Å²) in [5.41, 5.74) is -0.340. The van der Waals surface area contributed by atoms with Crippen LogP contribution in [0, 0.1) is 0 Å². The zero-order valence-electron chi connectivity index (χ0n) is 10.9. The molecule has 0 amide bonds. The number of anilines is 1. The molecule has 0 saturated heterocycles. The number of aromatic nitrogens is 3. The van der Waals surface area contributed by atoms with Gasteiger partial charge in [-0.2, -0.15) is 13.2 Å². The number of pyridine rings is 1. The third-order valence-electron chi connectivity index (χ3n) is 2.72. The van der Waals surface area contributed by atoms with Gasteiger partial charge < -0.3 is 14.6 Å². The normalized spacial score (nSPS) is 11.4. The lowest BCUT2D eigenvalue weighted by Crippen LogP contribution is -2.14. The van der Waals surface area contributed by atoms with E-state index in [1.165, 1.54) is 19.2 Å². The molecule has 5 nitrogen and oxygen atoms in total. The van der Waals surface area contributed by atoms with Crippen LogP contribution in [0.1, 0.15) is 11.4 Å². The first-order chi connectivity index (χ1) is 9.41. The number of imidazole rings is 1. The second-order valence-corrected chi connectivity index (χ2v) is 4.10. The molecular formula is C12H13F3N4O. The summed E-state index contributed by atoms with van der Waals surface area (Å²) in [5.74, 6) is -0.0802. The van der Waals surface area contributed by atoms with Crippen LogP contribution in [0.15, 0.2) is 24.7 Å². The van der Waals surface area contributed by atoms with E-state index in [2.05, 4.69) is 15.3 Å². The van der Waals surface area contributed by atoms with Crippen molar-refractivity contribution >= 4 is 5.69 Å². The molecule has 2 heterocycles. The molecule has 0 aliphatic rings. The van der Waals surface area contributed by atoms with E-state index in [0.717, 1.165) is 5.69 Å². The monoisotopic (exact) mass is 286 g/mol. The molecule has 2 rings (SSSR count). The van der Waals surface area contributed by atoms with Crippen LogP contribution in [0.3, 0.4) is 0 Å². The molecule has 2 aromatic rings. The van der Waals surface area contributed by atoms with Crippen molar-refractivity contribution in [2.24, 2.45) is 7.05 Å². The predicted molar refractivity (Wildman–Crippen MR) is 66.3 cm³/mol. The molecule has 0 unspecified atom stereocenters. The fourth-order valence-corrected chi connectivity index (χ4v) is 1.65. The Kier molecular flexibility index (Phi) is 3.82. The molecule has 1 N–H and O–H groups in total. The summed E-state index contributed by atoms with van der Waals surface area (Å²) < 4.78 is 45.2. The third kappa shape index (κ3) is 3.01. The first-order valence-corrected chi connectivity index (χ1v) is 5.73. The van der Waals surface area contributed by atoms with Crippen LogP contribution in [-0.4, -0.2) is 21.6 Å². The molecule has 0 fully saturated rings. The summed E-state index contributed by atoms with van der Waals surface area (Å²) >= 11 is 0. The van der Waals surface area contributed by atoms with E-state index in [1.807, 2.05) is 0 Å². The van der Waals surface area contributed by atoms with Crippen molar-refractivity contribution < 1.29 is 17.9 Å². The number of ether oxygens (including phenoxy) is 1. The highest BCUT2D eigenvalue weighted by atomic mass is 19.4. The van der Waals surface area contributed by atoms with Gasteiger partial charge in [0.15, 0.2) is 5.69 Å². The zero-order valence-corrected chi connectivity index (χ0v) is 10.9. The average molecular weight is 286 g/mol. The minimum absolute atomic E-state index is 0.0802. The first kappa shape index (κ1) is 14.2. The summed E-state index contributed by atoms with van der Waals surface area (Å²) in [4.78, 5) is 7.35. The van der Waals surface area contributed by atoms with Crippen molar-refractivity contribution in [2.75, 3.05) is 12.4 Å². The van der Waals surface area contributed by atoms with Crippen LogP contribution in [0.2, 0.25) is 0 Å². The SMILES string of the molecule is COc1ccc(NCc2cncn2C)c(C(F)(F)F)n1. The van der Waals surface area contributed by atoms with Gasteiger partial charge in [0.2, 0.25) is 5.88 Å². The van der Waals surface area contributed by atoms with Gasteiger partial charge in [0, 0.05) is 19.3 Å². The van der Waals surface area contributed by atoms with Gasteiger partial charge in [0.05, 0.1) is 31.4 Å². The van der Waals surface area contributed by atoms with Crippen molar-refractivity contribution in [1.82, 2.24) is 14.5 Å². The molecule has 0 aliphatic carbocycles. The quantitative estimate of drug-likeness (QED) is 0.938. The Labute approximate surface area is 113 Å². The lowest BCUT2D eigenvalue weighted by Gasteiger charge is -2.14. The Morgan fingerprint density at radius 3 is 2.65 bits per heavy atom. The van der Waals surface area contributed by atoms with E-state index in [4.69, 9.17) is 4.74 Å². The first-order valence-electron chi connectivity index (χ1n) is 5.73. The topological polar surface area (TPSA) is 52.0 Å². The molecule has 0 bridgehead atoms. The van der Waals surface area contributed by atoms with Gasteiger partial charge in [-0.05, 0) is 6.07 Å². The summed E-state index contributed by atoms with van der Waals surface area (Å²) in [6, 6.07) is 2.67. The van der Waals surface area contributed by atoms with Gasteiger partial charge in [-0.1, -0.05) is 0 Å². The van der Waals surface area contributed by atoms with Crippen LogP contribution < -0.4 is 10.1 Å². The molecule has 0 spiro atoms. The molecule has 0 saturated carbocycles. The molecule has 2 aromatic heterocycles. The summed E-state index contributed by atoms with van der Waals surface area (Å²) in [5, 5.41) is 2.72. The van der Waals surface area contributed by atoms with Crippen LogP contribution in [0.25, 0.3) is 0 Å². The number of aryl methyl sites for hydroxylation is 1. The van der Waals surface area contributed by atoms with Crippen LogP contribution in [-0.2, 0) is 19.8 Å². The number of nitrogens with zero attached hydrogens (tertiary/aromatic N) is 3. The fourth-order valence-electron chi connectivity index (χ4n) is 1.65. The van der Waals surface area contributed by atoms with Crippen LogP contribution in [0.5, 0.6) is 5.88 Å². The number of rotatable bonds is 4. The van der Waals surface area contributed by atoms with Crippen molar-refractivity contribution in [3.05, 3.63) is 36.0 Å². The molecule has 108 valence electrons. The Hall–Kier alpha value is -2.25. The molecule has 0 aliphatic heterocycles. The maximum absolute atomic E-state index is 12.9. The van der Waals surface area contributed by atoms with E-state index >= 15 is 0 Å². The average Bonchev–Trinajstić information content (AvgIpc) is 2.80. The van der Waals surface area contributed by atoms with E-state index < -0.39 is 11.9 Å². The minimum Gasteiger partial charge on any atom is -0.481 e. The standard InChI is InChI=1S/C12H13F3N4O/c1-19-7-16-5-8(19)6-17-9-3-4-10(20-2)18-11(9)12(13,14)15/h3-5,7,17H,6H2,1-2H3. The Balaban J connectivity index is 2.25. The molecular weight excluding hydrogens is 273 g/mol. The third-order valence-corrected chi connectivity index (χ3v) is 2.72. The maximum atomic E-state index is 12.9. The summed E-state index contributed by atoms with van der Waals surface area (Å²) in [6.07, 6.45) is -1.39. The van der Waals surface area contributed by atoms with Crippen molar-refractivity contribution in [3.8, 4) is 5.88 Å². The minimum atomic E-state index is -4.55. The number of halogens is 3. The molecule has 0 radical (unpaired) electrons. The highest BCUT2D eigenvalue weighted by Crippen LogP contribution is 2.34. The van der Waals surface area contributed by atoms with Gasteiger partial charge >= 0.3 is 6.18 Å². The highest BCUT2D eigenvalue weighted by Gasteiger charge is 2.36. The number of hydrogen-bond donors (Lipinski definition) is 1. The summed E-state index contributed by atoms with van der Waals surface area (Å²) in [6.45, 7) is 0.216. The molecule has 0 atom stereocenters. The van der Waals surface area contributed by atoms with E-state index in [0.29, 0.717) is 0 Å². The highest BCUT2D eigenvalue weighted by molar-refractivity contribution is 5.50. The number of methoxy groups -OCH3 is 1. The lowest BCUT2D eigenvalue weighted by atomic mass is 10.2. The fraction of sp³-hybridized carbons (Fsp3) is 0.333. The van der Waals surface area contributed by atoms with Crippen molar-refractivity contribution in [2.45, 2.75) is 12.7 Å². The van der Waals surface area contributed by atoms with Gasteiger partial charge in [0.1, 0.15) is 0 Å². The van der Waals surface area contributed by atoms with Gasteiger partial charge in [-0.15, -0.1) is 0 Å². The van der Waals surface area contributed by atoms with E-state index in [9.17, 15) is 13.2 Å². The maximum Gasteiger partial charge on any atom is 0.435 e. The Morgan fingerprint density at radius 2 is 2.10 bits per heavy atom. The number of hydrogen-bond acceptors (Lipinski definition) is 4. The van der Waals surface area contributed by atoms with E-state index in [-0.39, 0.29) is 18.1 Å². The predicted octanol–water partition coefficient (Wildman–Crippen LogP) is 2.45. The van der Waals surface area contributed by atoms with E-state index in [1.54, 1.807) is 24.1 Å². The second kappa shape index (κ2) is 5.40. The van der Waals surface area contributed by atoms with Crippen LogP contribution >= 0.6 is 0 Å². The molecule has 8 heteroatoms. The summed E-state index contributed by atoms with van der Waals surface area (Å²) in [7, 11) is 3.03. The van der Waals surface area contributed by atoms with Gasteiger partial charge in [-0.25, -0.2) is 9.97 Å². The second-order valence-electron chi connectivity index (χ2n) is 4.10. The Morgan fingerprint density at radius 1 is 1.35 bits per heavy atom. The largest absolute Gasteiger partial charge is 0.481 e. The lowest BCUT2D eigenvalue weighted by molar-refractivity contribution is -0.140. The van der Waals surface area contributed by atoms with Gasteiger partial charge in [0.25, 0.3) is 0 Å². The Bertz CT molecular complexity index is 595. The zero-order chi connectivity index (χ0) is 14.8. The smallest absolute Gasteiger partial charge is 0.435 e. The van der Waals surface area contributed by atoms with Crippen LogP contribution in [0.4, 0.5) is 18.9 Å². The molecule has 20 heavy (non-hydrogen) atoms. The van der Waals surface area contributed by atoms with Gasteiger partial charge in [-0.3, -0.25) is 0 Å². The number of nitrogens with one attached hydrogen (secondary N) is 1.